The van der Waals surface area contributed by atoms with Crippen molar-refractivity contribution in [3.63, 3.8) is 0 Å². The first-order chi connectivity index (χ1) is 10.7. The molecule has 1 aromatic rings. The number of nitrogens with zero attached hydrogens (tertiary/aromatic N) is 2. The average Bonchev–Trinajstić information content (AvgIpc) is 3.02. The number of hydrogen-bond donors (Lipinski definition) is 1. The maximum absolute atomic E-state index is 11.7. The Balaban J connectivity index is 1.53. The maximum Gasteiger partial charge on any atom is 0.236 e. The summed E-state index contributed by atoms with van der Waals surface area (Å²) in [7, 11) is 1.70. The maximum atomic E-state index is 11.7. The molecule has 1 aromatic carbocycles. The fourth-order valence-corrected chi connectivity index (χ4v) is 3.28. The fourth-order valence-electron chi connectivity index (χ4n) is 3.28. The van der Waals surface area contributed by atoms with Crippen molar-refractivity contribution in [3.05, 3.63) is 29.3 Å². The first-order valence-corrected chi connectivity index (χ1v) is 8.10. The standard InChI is InChI=1S/C17H25N3O2/c1-13(17(21)18-2)20-8-6-19(7-9-20)12-14-3-4-16-15(11-14)5-10-22-16/h3-4,11,13H,5-10,12H2,1-2H3,(H,18,21)/t13-/m0/s1. The second-order valence-corrected chi connectivity index (χ2v) is 6.14. The molecule has 0 bridgehead atoms. The van der Waals surface area contributed by atoms with Crippen LogP contribution in [0.2, 0.25) is 0 Å². The van der Waals surface area contributed by atoms with Gasteiger partial charge < -0.3 is 10.1 Å². The van der Waals surface area contributed by atoms with Gasteiger partial charge in [-0.15, -0.1) is 0 Å². The lowest BCUT2D eigenvalue weighted by atomic mass is 10.1. The highest BCUT2D eigenvalue weighted by atomic mass is 16.5. The zero-order valence-electron chi connectivity index (χ0n) is 13.5. The van der Waals surface area contributed by atoms with Crippen LogP contribution in [-0.2, 0) is 17.8 Å². The lowest BCUT2D eigenvalue weighted by Gasteiger charge is -2.37. The van der Waals surface area contributed by atoms with E-state index in [0.29, 0.717) is 0 Å². The zero-order valence-corrected chi connectivity index (χ0v) is 13.5. The number of carbonyl (C=O) groups is 1. The molecule has 1 N–H and O–H groups in total. The Morgan fingerprint density at radius 3 is 2.82 bits per heavy atom. The average molecular weight is 303 g/mol. The summed E-state index contributed by atoms with van der Waals surface area (Å²) in [5, 5.41) is 2.73. The number of amides is 1. The van der Waals surface area contributed by atoms with Crippen molar-refractivity contribution in [3.8, 4) is 5.75 Å². The molecule has 0 spiro atoms. The number of nitrogens with one attached hydrogen (secondary N) is 1. The van der Waals surface area contributed by atoms with E-state index in [9.17, 15) is 4.79 Å². The molecule has 3 rings (SSSR count). The van der Waals surface area contributed by atoms with Crippen molar-refractivity contribution < 1.29 is 9.53 Å². The summed E-state index contributed by atoms with van der Waals surface area (Å²) in [5.41, 5.74) is 2.70. The minimum absolute atomic E-state index is 0.0377. The predicted molar refractivity (Wildman–Crippen MR) is 86.0 cm³/mol. The largest absolute Gasteiger partial charge is 0.493 e. The number of rotatable bonds is 4. The van der Waals surface area contributed by atoms with E-state index in [0.717, 1.165) is 51.5 Å². The number of ether oxygens (including phenoxy) is 1. The highest BCUT2D eigenvalue weighted by Gasteiger charge is 2.25. The van der Waals surface area contributed by atoms with E-state index in [-0.39, 0.29) is 11.9 Å². The van der Waals surface area contributed by atoms with E-state index in [1.54, 1.807) is 7.05 Å². The van der Waals surface area contributed by atoms with Crippen LogP contribution in [0.25, 0.3) is 0 Å². The molecule has 1 fully saturated rings. The van der Waals surface area contributed by atoms with Gasteiger partial charge in [0.25, 0.3) is 0 Å². The molecule has 2 aliphatic heterocycles. The van der Waals surface area contributed by atoms with Crippen LogP contribution in [0, 0.1) is 0 Å². The molecule has 0 unspecified atom stereocenters. The second kappa shape index (κ2) is 6.67. The highest BCUT2D eigenvalue weighted by molar-refractivity contribution is 5.80. The summed E-state index contributed by atoms with van der Waals surface area (Å²) < 4.78 is 5.56. The van der Waals surface area contributed by atoms with E-state index >= 15 is 0 Å². The predicted octanol–water partition coefficient (Wildman–Crippen LogP) is 0.874. The van der Waals surface area contributed by atoms with Crippen LogP contribution in [0.1, 0.15) is 18.1 Å². The summed E-state index contributed by atoms with van der Waals surface area (Å²) in [6.07, 6.45) is 1.03. The summed E-state index contributed by atoms with van der Waals surface area (Å²) in [5.74, 6) is 1.15. The molecule has 2 aliphatic rings. The van der Waals surface area contributed by atoms with Crippen LogP contribution >= 0.6 is 0 Å². The molecule has 120 valence electrons. The Hall–Kier alpha value is -1.59. The molecule has 22 heavy (non-hydrogen) atoms. The van der Waals surface area contributed by atoms with Crippen LogP contribution in [-0.4, -0.2) is 61.6 Å². The van der Waals surface area contributed by atoms with Gasteiger partial charge in [-0.3, -0.25) is 14.6 Å². The van der Waals surface area contributed by atoms with Crippen molar-refractivity contribution in [1.82, 2.24) is 15.1 Å². The SMILES string of the molecule is CNC(=O)[C@H](C)N1CCN(Cc2ccc3c(c2)CCO3)CC1. The van der Waals surface area contributed by atoms with Crippen LogP contribution < -0.4 is 10.1 Å². The number of benzene rings is 1. The van der Waals surface area contributed by atoms with E-state index < -0.39 is 0 Å². The van der Waals surface area contributed by atoms with E-state index in [4.69, 9.17) is 4.74 Å². The Kier molecular flexibility index (Phi) is 4.64. The van der Waals surface area contributed by atoms with E-state index in [1.165, 1.54) is 11.1 Å². The van der Waals surface area contributed by atoms with Gasteiger partial charge in [0.2, 0.25) is 5.91 Å². The van der Waals surface area contributed by atoms with Gasteiger partial charge in [0, 0.05) is 46.2 Å². The third kappa shape index (κ3) is 3.25. The molecule has 1 atom stereocenters. The third-order valence-electron chi connectivity index (χ3n) is 4.74. The minimum Gasteiger partial charge on any atom is -0.493 e. The third-order valence-corrected chi connectivity index (χ3v) is 4.74. The van der Waals surface area contributed by atoms with Crippen LogP contribution in [0.4, 0.5) is 0 Å². The lowest BCUT2D eigenvalue weighted by molar-refractivity contribution is -0.126. The van der Waals surface area contributed by atoms with Crippen LogP contribution in [0.15, 0.2) is 18.2 Å². The molecule has 5 heteroatoms. The number of likely N-dealkylation sites (N-methyl/N-ethyl adjacent to an activating group) is 1. The molecule has 0 aromatic heterocycles. The normalized spacial score (nSPS) is 20.3. The summed E-state index contributed by atoms with van der Waals surface area (Å²) in [6, 6.07) is 6.51. The second-order valence-electron chi connectivity index (χ2n) is 6.14. The van der Waals surface area contributed by atoms with E-state index in [2.05, 4.69) is 33.3 Å². The van der Waals surface area contributed by atoms with Gasteiger partial charge in [-0.05, 0) is 24.1 Å². The van der Waals surface area contributed by atoms with Crippen molar-refractivity contribution in [2.45, 2.75) is 25.9 Å². The smallest absolute Gasteiger partial charge is 0.236 e. The molecule has 1 saturated heterocycles. The van der Waals surface area contributed by atoms with Crippen molar-refractivity contribution in [2.24, 2.45) is 0 Å². The highest BCUT2D eigenvalue weighted by Crippen LogP contribution is 2.26. The van der Waals surface area contributed by atoms with Crippen molar-refractivity contribution in [2.75, 3.05) is 39.8 Å². The summed E-state index contributed by atoms with van der Waals surface area (Å²) >= 11 is 0. The Labute approximate surface area is 132 Å². The Morgan fingerprint density at radius 2 is 2.09 bits per heavy atom. The number of piperazine rings is 1. The molecule has 5 nitrogen and oxygen atoms in total. The van der Waals surface area contributed by atoms with Gasteiger partial charge in [-0.1, -0.05) is 12.1 Å². The Bertz CT molecular complexity index is 539. The lowest BCUT2D eigenvalue weighted by Crippen LogP contribution is -2.53. The zero-order chi connectivity index (χ0) is 15.5. The fraction of sp³-hybridized carbons (Fsp3) is 0.588. The number of carbonyl (C=O) groups excluding carboxylic acids is 1. The Morgan fingerprint density at radius 1 is 1.32 bits per heavy atom. The van der Waals surface area contributed by atoms with Gasteiger partial charge in [0.15, 0.2) is 0 Å². The summed E-state index contributed by atoms with van der Waals surface area (Å²) in [4.78, 5) is 16.4. The summed E-state index contributed by atoms with van der Waals surface area (Å²) in [6.45, 7) is 7.69. The quantitative estimate of drug-likeness (QED) is 0.897. The first kappa shape index (κ1) is 15.3. The van der Waals surface area contributed by atoms with E-state index in [1.807, 2.05) is 6.92 Å². The number of hydrogen-bond acceptors (Lipinski definition) is 4. The van der Waals surface area contributed by atoms with Crippen LogP contribution in [0.5, 0.6) is 5.75 Å². The molecule has 0 radical (unpaired) electrons. The molecular formula is C17H25N3O2. The molecule has 2 heterocycles. The van der Waals surface area contributed by atoms with Gasteiger partial charge >= 0.3 is 0 Å². The molecule has 0 saturated carbocycles. The van der Waals surface area contributed by atoms with Gasteiger partial charge in [-0.25, -0.2) is 0 Å². The van der Waals surface area contributed by atoms with Crippen molar-refractivity contribution in [1.29, 1.82) is 0 Å². The molecular weight excluding hydrogens is 278 g/mol. The monoisotopic (exact) mass is 303 g/mol. The number of fused-ring (bicyclic) bond motifs is 1. The minimum atomic E-state index is -0.0377. The van der Waals surface area contributed by atoms with Gasteiger partial charge in [0.1, 0.15) is 5.75 Å². The van der Waals surface area contributed by atoms with Gasteiger partial charge in [0.05, 0.1) is 12.6 Å². The first-order valence-electron chi connectivity index (χ1n) is 8.10. The van der Waals surface area contributed by atoms with Gasteiger partial charge in [-0.2, -0.15) is 0 Å². The van der Waals surface area contributed by atoms with Crippen LogP contribution in [0.3, 0.4) is 0 Å². The van der Waals surface area contributed by atoms with Crippen molar-refractivity contribution >= 4 is 5.91 Å². The molecule has 1 amide bonds. The topological polar surface area (TPSA) is 44.8 Å². The molecule has 0 aliphatic carbocycles.